The van der Waals surface area contributed by atoms with Crippen LogP contribution in [0.5, 0.6) is 0 Å². The Hall–Kier alpha value is -1.78. The Morgan fingerprint density at radius 1 is 1.00 bits per heavy atom. The van der Waals surface area contributed by atoms with Crippen LogP contribution in [0.25, 0.3) is 5.57 Å². The zero-order valence-corrected chi connectivity index (χ0v) is 13.7. The molecule has 0 aliphatic heterocycles. The molecule has 0 atom stereocenters. The first-order chi connectivity index (χ1) is 10.6. The van der Waals surface area contributed by atoms with Gasteiger partial charge in [0.2, 0.25) is 5.91 Å². The highest BCUT2D eigenvalue weighted by Gasteiger charge is 2.30. The van der Waals surface area contributed by atoms with Crippen molar-refractivity contribution in [1.82, 2.24) is 5.32 Å². The maximum atomic E-state index is 12.7. The minimum absolute atomic E-state index is 0.118. The van der Waals surface area contributed by atoms with Gasteiger partial charge in [-0.15, -0.1) is 0 Å². The van der Waals surface area contributed by atoms with E-state index >= 15 is 0 Å². The molecular weight excluding hydrogens is 303 g/mol. The number of hydrogen-bond acceptors (Lipinski definition) is 1. The number of benzene rings is 1. The number of halogens is 3. The average molecular weight is 325 g/mol. The van der Waals surface area contributed by atoms with Crippen molar-refractivity contribution in [3.05, 3.63) is 41.0 Å². The van der Waals surface area contributed by atoms with Gasteiger partial charge in [0.05, 0.1) is 5.56 Å². The highest BCUT2D eigenvalue weighted by Crippen LogP contribution is 2.35. The molecule has 0 fully saturated rings. The molecule has 0 heterocycles. The molecule has 0 unspecified atom stereocenters. The van der Waals surface area contributed by atoms with E-state index in [9.17, 15) is 18.0 Å². The molecule has 0 radical (unpaired) electrons. The van der Waals surface area contributed by atoms with Gasteiger partial charge < -0.3 is 5.32 Å². The van der Waals surface area contributed by atoms with E-state index in [4.69, 9.17) is 0 Å². The molecule has 1 amide bonds. The molecule has 0 aromatic heterocycles. The zero-order chi connectivity index (χ0) is 17.3. The molecule has 0 bridgehead atoms. The fraction of sp³-hybridized carbons (Fsp3) is 0.500. The number of hydrogen-bond donors (Lipinski definition) is 1. The Labute approximate surface area is 134 Å². The third-order valence-electron chi connectivity index (χ3n) is 3.79. The maximum absolute atomic E-state index is 12.7. The molecule has 0 saturated heterocycles. The summed E-state index contributed by atoms with van der Waals surface area (Å²) in [5.41, 5.74) is 1.26. The zero-order valence-electron chi connectivity index (χ0n) is 13.7. The number of amides is 1. The van der Waals surface area contributed by atoms with Crippen molar-refractivity contribution in [3.8, 4) is 0 Å². The molecule has 2 nitrogen and oxygen atoms in total. The molecule has 23 heavy (non-hydrogen) atoms. The second-order valence-electron chi connectivity index (χ2n) is 6.94. The Morgan fingerprint density at radius 2 is 1.57 bits per heavy atom. The lowest BCUT2D eigenvalue weighted by Crippen LogP contribution is -2.41. The van der Waals surface area contributed by atoms with Crippen LogP contribution in [0.4, 0.5) is 13.2 Å². The van der Waals surface area contributed by atoms with Crippen LogP contribution >= 0.6 is 0 Å². The summed E-state index contributed by atoms with van der Waals surface area (Å²) in [6.07, 6.45) is -1.08. The fourth-order valence-corrected chi connectivity index (χ4v) is 2.75. The van der Waals surface area contributed by atoms with Crippen molar-refractivity contribution >= 4 is 11.5 Å². The van der Waals surface area contributed by atoms with Gasteiger partial charge in [0.15, 0.2) is 0 Å². The number of carbonyl (C=O) groups excluding carboxylic acids is 1. The molecule has 2 rings (SSSR count). The van der Waals surface area contributed by atoms with Crippen LogP contribution in [-0.2, 0) is 11.0 Å². The second-order valence-corrected chi connectivity index (χ2v) is 6.94. The Bertz CT molecular complexity index is 607. The summed E-state index contributed by atoms with van der Waals surface area (Å²) in [5.74, 6) is -0.118. The first kappa shape index (κ1) is 17.6. The summed E-state index contributed by atoms with van der Waals surface area (Å²) in [7, 11) is 0. The number of alkyl halides is 3. The van der Waals surface area contributed by atoms with E-state index in [1.807, 2.05) is 20.8 Å². The number of rotatable bonds is 2. The van der Waals surface area contributed by atoms with Crippen LogP contribution in [0, 0.1) is 0 Å². The van der Waals surface area contributed by atoms with Gasteiger partial charge in [-0.05, 0) is 69.7 Å². The standard InChI is InChI=1S/C18H22F3NO/c1-17(2,3)22-16(23)15-7-5-4-6-14(15)12-8-10-13(11-9-12)18(19,20)21/h8-11H,4-7H2,1-3H3,(H,22,23). The van der Waals surface area contributed by atoms with Crippen LogP contribution < -0.4 is 5.32 Å². The molecule has 1 aromatic rings. The first-order valence-corrected chi connectivity index (χ1v) is 7.80. The van der Waals surface area contributed by atoms with Gasteiger partial charge in [0, 0.05) is 11.1 Å². The van der Waals surface area contributed by atoms with E-state index in [0.29, 0.717) is 17.6 Å². The second kappa shape index (κ2) is 6.38. The van der Waals surface area contributed by atoms with Crippen LogP contribution in [0.15, 0.2) is 29.8 Å². The summed E-state index contributed by atoms with van der Waals surface area (Å²) in [6, 6.07) is 5.09. The SMILES string of the molecule is CC(C)(C)NC(=O)C1=C(c2ccc(C(F)(F)F)cc2)CCCC1. The van der Waals surface area contributed by atoms with Crippen molar-refractivity contribution in [1.29, 1.82) is 0 Å². The third-order valence-corrected chi connectivity index (χ3v) is 3.79. The molecule has 1 aliphatic rings. The van der Waals surface area contributed by atoms with Crippen LogP contribution in [0.2, 0.25) is 0 Å². The van der Waals surface area contributed by atoms with Gasteiger partial charge in [0.1, 0.15) is 0 Å². The third kappa shape index (κ3) is 4.60. The van der Waals surface area contributed by atoms with E-state index in [0.717, 1.165) is 37.0 Å². The molecular formula is C18H22F3NO. The topological polar surface area (TPSA) is 29.1 Å². The quantitative estimate of drug-likeness (QED) is 0.819. The lowest BCUT2D eigenvalue weighted by atomic mass is 9.86. The van der Waals surface area contributed by atoms with E-state index in [1.54, 1.807) is 0 Å². The van der Waals surface area contributed by atoms with Gasteiger partial charge >= 0.3 is 6.18 Å². The molecule has 126 valence electrons. The Morgan fingerprint density at radius 3 is 2.09 bits per heavy atom. The van der Waals surface area contributed by atoms with Crippen molar-refractivity contribution in [2.24, 2.45) is 0 Å². The highest BCUT2D eigenvalue weighted by atomic mass is 19.4. The molecule has 1 N–H and O–H groups in total. The monoisotopic (exact) mass is 325 g/mol. The average Bonchev–Trinajstić information content (AvgIpc) is 2.45. The van der Waals surface area contributed by atoms with Gasteiger partial charge in [0.25, 0.3) is 0 Å². The van der Waals surface area contributed by atoms with Gasteiger partial charge in [-0.2, -0.15) is 13.2 Å². The fourth-order valence-electron chi connectivity index (χ4n) is 2.75. The smallest absolute Gasteiger partial charge is 0.348 e. The normalized spacial score (nSPS) is 16.4. The molecule has 5 heteroatoms. The minimum atomic E-state index is -4.34. The lowest BCUT2D eigenvalue weighted by molar-refractivity contribution is -0.137. The number of nitrogens with one attached hydrogen (secondary N) is 1. The summed E-state index contributed by atoms with van der Waals surface area (Å²) >= 11 is 0. The van der Waals surface area contributed by atoms with Crippen LogP contribution in [0.3, 0.4) is 0 Å². The lowest BCUT2D eigenvalue weighted by Gasteiger charge is -2.25. The van der Waals surface area contributed by atoms with Gasteiger partial charge in [-0.1, -0.05) is 12.1 Å². The molecule has 1 aromatic carbocycles. The summed E-state index contributed by atoms with van der Waals surface area (Å²) < 4.78 is 38.0. The van der Waals surface area contributed by atoms with Crippen LogP contribution in [0.1, 0.15) is 57.6 Å². The van der Waals surface area contributed by atoms with Crippen molar-refractivity contribution in [2.75, 3.05) is 0 Å². The summed E-state index contributed by atoms with van der Waals surface area (Å²) in [4.78, 5) is 12.5. The summed E-state index contributed by atoms with van der Waals surface area (Å²) in [5, 5.41) is 2.95. The first-order valence-electron chi connectivity index (χ1n) is 7.80. The molecule has 0 spiro atoms. The van der Waals surface area contributed by atoms with Crippen LogP contribution in [-0.4, -0.2) is 11.4 Å². The molecule has 1 aliphatic carbocycles. The summed E-state index contributed by atoms with van der Waals surface area (Å²) in [6.45, 7) is 5.73. The van der Waals surface area contributed by atoms with Gasteiger partial charge in [-0.25, -0.2) is 0 Å². The Balaban J connectivity index is 2.35. The van der Waals surface area contributed by atoms with Crippen molar-refractivity contribution in [2.45, 2.75) is 58.2 Å². The van der Waals surface area contributed by atoms with E-state index < -0.39 is 11.7 Å². The predicted octanol–water partition coefficient (Wildman–Crippen LogP) is 4.95. The van der Waals surface area contributed by atoms with E-state index in [1.165, 1.54) is 12.1 Å². The Kier molecular flexibility index (Phi) is 4.87. The van der Waals surface area contributed by atoms with Gasteiger partial charge in [-0.3, -0.25) is 4.79 Å². The van der Waals surface area contributed by atoms with E-state index in [2.05, 4.69) is 5.32 Å². The number of allylic oxidation sites excluding steroid dienone is 1. The predicted molar refractivity (Wildman–Crippen MR) is 84.7 cm³/mol. The molecule has 0 saturated carbocycles. The van der Waals surface area contributed by atoms with Crippen molar-refractivity contribution < 1.29 is 18.0 Å². The highest BCUT2D eigenvalue weighted by molar-refractivity contribution is 6.01. The minimum Gasteiger partial charge on any atom is -0.348 e. The maximum Gasteiger partial charge on any atom is 0.416 e. The van der Waals surface area contributed by atoms with E-state index in [-0.39, 0.29) is 11.4 Å². The largest absolute Gasteiger partial charge is 0.416 e. The number of carbonyl (C=O) groups is 1. The van der Waals surface area contributed by atoms with Crippen molar-refractivity contribution in [3.63, 3.8) is 0 Å².